The topological polar surface area (TPSA) is 52.6 Å². The molecule has 2 saturated heterocycles. The molecule has 2 N–H and O–H groups in total. The SMILES string of the molecule is CN1C2CCC1CC(NCCC(=O)O)C2. The van der Waals surface area contributed by atoms with Crippen LogP contribution in [-0.2, 0) is 4.79 Å². The molecule has 2 unspecified atom stereocenters. The van der Waals surface area contributed by atoms with Gasteiger partial charge in [0.15, 0.2) is 0 Å². The molecule has 0 amide bonds. The van der Waals surface area contributed by atoms with Crippen molar-refractivity contribution >= 4 is 5.97 Å². The Labute approximate surface area is 90.6 Å². The molecule has 2 bridgehead atoms. The lowest BCUT2D eigenvalue weighted by Gasteiger charge is -2.36. The highest BCUT2D eigenvalue weighted by atomic mass is 16.4. The van der Waals surface area contributed by atoms with Crippen LogP contribution in [0.3, 0.4) is 0 Å². The Morgan fingerprint density at radius 2 is 2.00 bits per heavy atom. The van der Waals surface area contributed by atoms with E-state index in [0.29, 0.717) is 12.6 Å². The smallest absolute Gasteiger partial charge is 0.304 e. The summed E-state index contributed by atoms with van der Waals surface area (Å²) in [5.41, 5.74) is 0. The largest absolute Gasteiger partial charge is 0.481 e. The molecule has 0 aromatic carbocycles. The maximum Gasteiger partial charge on any atom is 0.304 e. The second-order valence-corrected chi connectivity index (χ2v) is 4.82. The van der Waals surface area contributed by atoms with Crippen molar-refractivity contribution in [1.29, 1.82) is 0 Å². The lowest BCUT2D eigenvalue weighted by Crippen LogP contribution is -2.47. The summed E-state index contributed by atoms with van der Waals surface area (Å²) in [5.74, 6) is -0.710. The van der Waals surface area contributed by atoms with E-state index in [1.54, 1.807) is 0 Å². The molecule has 2 heterocycles. The molecule has 0 aliphatic carbocycles. The molecule has 0 saturated carbocycles. The highest BCUT2D eigenvalue weighted by Crippen LogP contribution is 2.33. The van der Waals surface area contributed by atoms with Gasteiger partial charge >= 0.3 is 5.97 Å². The fourth-order valence-corrected chi connectivity index (χ4v) is 2.96. The van der Waals surface area contributed by atoms with Crippen LogP contribution in [0, 0.1) is 0 Å². The number of nitrogens with one attached hydrogen (secondary N) is 1. The first-order valence-electron chi connectivity index (χ1n) is 5.84. The van der Waals surface area contributed by atoms with Crippen molar-refractivity contribution in [2.45, 2.75) is 50.2 Å². The number of fused-ring (bicyclic) bond motifs is 2. The third-order valence-corrected chi connectivity index (χ3v) is 3.87. The number of piperidine rings is 1. The first-order chi connectivity index (χ1) is 7.16. The summed E-state index contributed by atoms with van der Waals surface area (Å²) >= 11 is 0. The second kappa shape index (κ2) is 4.49. The normalized spacial score (nSPS) is 35.7. The van der Waals surface area contributed by atoms with E-state index in [0.717, 1.165) is 12.1 Å². The Morgan fingerprint density at radius 1 is 1.40 bits per heavy atom. The van der Waals surface area contributed by atoms with E-state index in [9.17, 15) is 4.79 Å². The van der Waals surface area contributed by atoms with Crippen LogP contribution in [0.25, 0.3) is 0 Å². The third kappa shape index (κ3) is 2.49. The number of carboxylic acid groups (broad SMARTS) is 1. The van der Waals surface area contributed by atoms with Gasteiger partial charge in [-0.15, -0.1) is 0 Å². The number of carbonyl (C=O) groups is 1. The number of nitrogens with zero attached hydrogens (tertiary/aromatic N) is 1. The van der Waals surface area contributed by atoms with Crippen molar-refractivity contribution in [2.75, 3.05) is 13.6 Å². The van der Waals surface area contributed by atoms with Crippen LogP contribution in [0.1, 0.15) is 32.1 Å². The number of hydrogen-bond donors (Lipinski definition) is 2. The van der Waals surface area contributed by atoms with Gasteiger partial charge in [0.05, 0.1) is 6.42 Å². The molecule has 2 fully saturated rings. The minimum absolute atomic E-state index is 0.238. The van der Waals surface area contributed by atoms with Crippen LogP contribution < -0.4 is 5.32 Å². The molecule has 0 aromatic heterocycles. The Bertz CT molecular complexity index is 231. The van der Waals surface area contributed by atoms with Crippen LogP contribution in [0.2, 0.25) is 0 Å². The first-order valence-corrected chi connectivity index (χ1v) is 5.84. The van der Waals surface area contributed by atoms with Gasteiger partial charge in [0.2, 0.25) is 0 Å². The predicted molar refractivity (Wildman–Crippen MR) is 57.9 cm³/mol. The van der Waals surface area contributed by atoms with Crippen molar-refractivity contribution in [3.63, 3.8) is 0 Å². The summed E-state index contributed by atoms with van der Waals surface area (Å²) in [5, 5.41) is 11.9. The fourth-order valence-electron chi connectivity index (χ4n) is 2.96. The monoisotopic (exact) mass is 212 g/mol. The Morgan fingerprint density at radius 3 is 2.53 bits per heavy atom. The lowest BCUT2D eigenvalue weighted by molar-refractivity contribution is -0.136. The van der Waals surface area contributed by atoms with Gasteiger partial charge in [0.1, 0.15) is 0 Å². The molecule has 0 radical (unpaired) electrons. The number of hydrogen-bond acceptors (Lipinski definition) is 3. The maximum absolute atomic E-state index is 10.4. The quantitative estimate of drug-likeness (QED) is 0.719. The van der Waals surface area contributed by atoms with Crippen LogP contribution in [0.15, 0.2) is 0 Å². The minimum atomic E-state index is -0.710. The van der Waals surface area contributed by atoms with Crippen molar-refractivity contribution in [2.24, 2.45) is 0 Å². The number of carboxylic acids is 1. The molecule has 4 nitrogen and oxygen atoms in total. The van der Waals surface area contributed by atoms with Gasteiger partial charge in [-0.05, 0) is 32.7 Å². The van der Waals surface area contributed by atoms with E-state index >= 15 is 0 Å². The molecule has 0 aromatic rings. The summed E-state index contributed by atoms with van der Waals surface area (Å²) < 4.78 is 0. The fraction of sp³-hybridized carbons (Fsp3) is 0.909. The van der Waals surface area contributed by atoms with Gasteiger partial charge in [0.25, 0.3) is 0 Å². The highest BCUT2D eigenvalue weighted by Gasteiger charge is 2.37. The standard InChI is InChI=1S/C11H20N2O2/c1-13-9-2-3-10(13)7-8(6-9)12-5-4-11(14)15/h8-10,12H,2-7H2,1H3,(H,14,15). The van der Waals surface area contributed by atoms with Crippen molar-refractivity contribution in [3.8, 4) is 0 Å². The van der Waals surface area contributed by atoms with Gasteiger partial charge in [-0.3, -0.25) is 4.79 Å². The zero-order valence-electron chi connectivity index (χ0n) is 9.28. The molecule has 2 aliphatic heterocycles. The van der Waals surface area contributed by atoms with E-state index in [1.165, 1.54) is 25.7 Å². The number of aliphatic carboxylic acids is 1. The summed E-state index contributed by atoms with van der Waals surface area (Å²) in [7, 11) is 2.22. The molecule has 2 aliphatic rings. The second-order valence-electron chi connectivity index (χ2n) is 4.82. The predicted octanol–water partition coefficient (Wildman–Crippen LogP) is 0.676. The van der Waals surface area contributed by atoms with Gasteiger partial charge in [-0.1, -0.05) is 0 Å². The van der Waals surface area contributed by atoms with Gasteiger partial charge in [-0.2, -0.15) is 0 Å². The summed E-state index contributed by atoms with van der Waals surface area (Å²) in [6, 6.07) is 2.00. The molecule has 86 valence electrons. The molecule has 2 rings (SSSR count). The van der Waals surface area contributed by atoms with E-state index in [1.807, 2.05) is 0 Å². The zero-order valence-corrected chi connectivity index (χ0v) is 9.28. The highest BCUT2D eigenvalue weighted by molar-refractivity contribution is 5.66. The average molecular weight is 212 g/mol. The number of rotatable bonds is 4. The molecular formula is C11H20N2O2. The molecule has 2 atom stereocenters. The van der Waals surface area contributed by atoms with Crippen molar-refractivity contribution in [3.05, 3.63) is 0 Å². The summed E-state index contributed by atoms with van der Waals surface area (Å²) in [6.45, 7) is 0.614. The first kappa shape index (κ1) is 10.9. The average Bonchev–Trinajstić information content (AvgIpc) is 2.42. The van der Waals surface area contributed by atoms with Gasteiger partial charge < -0.3 is 15.3 Å². The van der Waals surface area contributed by atoms with E-state index in [2.05, 4.69) is 17.3 Å². The molecule has 4 heteroatoms. The van der Waals surface area contributed by atoms with Crippen LogP contribution in [0.4, 0.5) is 0 Å². The van der Waals surface area contributed by atoms with Gasteiger partial charge in [-0.25, -0.2) is 0 Å². The Hall–Kier alpha value is -0.610. The van der Waals surface area contributed by atoms with Gasteiger partial charge in [0, 0.05) is 24.7 Å². The molecule has 0 spiro atoms. The summed E-state index contributed by atoms with van der Waals surface area (Å²) in [6.07, 6.45) is 5.25. The zero-order chi connectivity index (χ0) is 10.8. The van der Waals surface area contributed by atoms with Crippen LogP contribution >= 0.6 is 0 Å². The van der Waals surface area contributed by atoms with Crippen LogP contribution in [-0.4, -0.2) is 47.7 Å². The summed E-state index contributed by atoms with van der Waals surface area (Å²) in [4.78, 5) is 12.9. The lowest BCUT2D eigenvalue weighted by atomic mass is 9.98. The van der Waals surface area contributed by atoms with Crippen LogP contribution in [0.5, 0.6) is 0 Å². The maximum atomic E-state index is 10.4. The Balaban J connectivity index is 1.74. The third-order valence-electron chi connectivity index (χ3n) is 3.87. The van der Waals surface area contributed by atoms with E-state index in [4.69, 9.17) is 5.11 Å². The van der Waals surface area contributed by atoms with Crippen molar-refractivity contribution < 1.29 is 9.90 Å². The molecular weight excluding hydrogens is 192 g/mol. The molecule has 15 heavy (non-hydrogen) atoms. The van der Waals surface area contributed by atoms with E-state index < -0.39 is 5.97 Å². The van der Waals surface area contributed by atoms with Crippen molar-refractivity contribution in [1.82, 2.24) is 10.2 Å². The van der Waals surface area contributed by atoms with E-state index in [-0.39, 0.29) is 6.42 Å². The Kier molecular flexibility index (Phi) is 3.26. The minimum Gasteiger partial charge on any atom is -0.481 e.